The van der Waals surface area contributed by atoms with Crippen LogP contribution in [0.2, 0.25) is 5.02 Å². The lowest BCUT2D eigenvalue weighted by Crippen LogP contribution is -2.39. The molecule has 2 aromatic carbocycles. The molecular formula is C22H18ClFN6O2. The quantitative estimate of drug-likeness (QED) is 0.459. The molecule has 4 aromatic rings. The van der Waals surface area contributed by atoms with Crippen molar-refractivity contribution in [3.63, 3.8) is 0 Å². The Morgan fingerprint density at radius 3 is 2.66 bits per heavy atom. The van der Waals surface area contributed by atoms with E-state index in [0.717, 1.165) is 11.6 Å². The van der Waals surface area contributed by atoms with Gasteiger partial charge in [-0.15, -0.1) is 5.10 Å². The third kappa shape index (κ3) is 3.99. The van der Waals surface area contributed by atoms with Gasteiger partial charge in [0, 0.05) is 18.7 Å². The van der Waals surface area contributed by atoms with E-state index in [4.69, 9.17) is 16.1 Å². The number of benzene rings is 2. The van der Waals surface area contributed by atoms with Crippen LogP contribution in [0.15, 0.2) is 59.3 Å². The van der Waals surface area contributed by atoms with E-state index in [1.807, 2.05) is 30.3 Å². The molecule has 0 aliphatic carbocycles. The first-order valence-corrected chi connectivity index (χ1v) is 10.5. The van der Waals surface area contributed by atoms with Crippen molar-refractivity contribution in [1.29, 1.82) is 0 Å². The van der Waals surface area contributed by atoms with Crippen molar-refractivity contribution < 1.29 is 13.7 Å². The first kappa shape index (κ1) is 20.3. The summed E-state index contributed by atoms with van der Waals surface area (Å²) in [4.78, 5) is 18.9. The molecule has 10 heteroatoms. The van der Waals surface area contributed by atoms with Gasteiger partial charge in [-0.25, -0.2) is 9.07 Å². The lowest BCUT2D eigenvalue weighted by Gasteiger charge is -2.32. The highest BCUT2D eigenvalue weighted by Crippen LogP contribution is 2.27. The minimum atomic E-state index is -0.468. The Morgan fingerprint density at radius 2 is 1.91 bits per heavy atom. The number of carbonyl (C=O) groups excluding carboxylic acids is 1. The van der Waals surface area contributed by atoms with Crippen LogP contribution in [-0.2, 0) is 0 Å². The van der Waals surface area contributed by atoms with Crippen molar-refractivity contribution >= 4 is 17.5 Å². The Morgan fingerprint density at radius 1 is 1.12 bits per heavy atom. The molecule has 0 radical (unpaired) electrons. The number of hydrogen-bond donors (Lipinski definition) is 0. The molecule has 8 nitrogen and oxygen atoms in total. The van der Waals surface area contributed by atoms with E-state index in [1.54, 1.807) is 15.8 Å². The van der Waals surface area contributed by atoms with E-state index in [0.29, 0.717) is 48.9 Å². The summed E-state index contributed by atoms with van der Waals surface area (Å²) in [6, 6.07) is 13.4. The summed E-state index contributed by atoms with van der Waals surface area (Å²) < 4.78 is 20.4. The minimum absolute atomic E-state index is 0.0838. The van der Waals surface area contributed by atoms with Crippen LogP contribution in [0.3, 0.4) is 0 Å². The monoisotopic (exact) mass is 452 g/mol. The van der Waals surface area contributed by atoms with Crippen LogP contribution in [0.4, 0.5) is 4.39 Å². The number of likely N-dealkylation sites (tertiary alicyclic amines) is 1. The normalized spacial score (nSPS) is 14.6. The average Bonchev–Trinajstić information content (AvgIpc) is 3.50. The number of carbonyl (C=O) groups is 1. The molecule has 0 atom stereocenters. The maximum Gasteiger partial charge on any atom is 0.280 e. The zero-order valence-corrected chi connectivity index (χ0v) is 17.6. The maximum atomic E-state index is 13.3. The van der Waals surface area contributed by atoms with E-state index in [1.165, 1.54) is 12.1 Å². The van der Waals surface area contributed by atoms with Crippen LogP contribution >= 0.6 is 11.6 Å². The molecular weight excluding hydrogens is 435 g/mol. The van der Waals surface area contributed by atoms with Gasteiger partial charge in [-0.05, 0) is 31.0 Å². The number of halogens is 2. The maximum absolute atomic E-state index is 13.3. The first-order valence-electron chi connectivity index (χ1n) is 10.1. The fourth-order valence-corrected chi connectivity index (χ4v) is 4.00. The standard InChI is InChI=1S/C22H18ClFN6O2/c23-18-12-15(24)6-7-17(18)22(31)29-10-8-16(9-11-29)30-13-19(26-28-30)21-25-20(27-32-21)14-4-2-1-3-5-14/h1-7,12-13,16H,8-11H2. The smallest absolute Gasteiger partial charge is 0.280 e. The molecule has 3 heterocycles. The van der Waals surface area contributed by atoms with Crippen LogP contribution in [0, 0.1) is 5.82 Å². The molecule has 1 amide bonds. The Labute approximate surface area is 187 Å². The van der Waals surface area contributed by atoms with Gasteiger partial charge in [0.1, 0.15) is 5.82 Å². The molecule has 32 heavy (non-hydrogen) atoms. The summed E-state index contributed by atoms with van der Waals surface area (Å²) in [6.07, 6.45) is 3.18. The molecule has 0 unspecified atom stereocenters. The van der Waals surface area contributed by atoms with E-state index < -0.39 is 5.82 Å². The molecule has 0 spiro atoms. The summed E-state index contributed by atoms with van der Waals surface area (Å²) in [6.45, 7) is 1.07. The second kappa shape index (κ2) is 8.51. The van der Waals surface area contributed by atoms with Crippen LogP contribution in [0.1, 0.15) is 29.2 Å². The van der Waals surface area contributed by atoms with Crippen molar-refractivity contribution in [2.45, 2.75) is 18.9 Å². The Bertz CT molecular complexity index is 1250. The zero-order chi connectivity index (χ0) is 22.1. The summed E-state index contributed by atoms with van der Waals surface area (Å²) in [5, 5.41) is 12.5. The molecule has 0 N–H and O–H groups in total. The van der Waals surface area contributed by atoms with Gasteiger partial charge >= 0.3 is 0 Å². The molecule has 1 aliphatic rings. The number of rotatable bonds is 4. The van der Waals surface area contributed by atoms with Gasteiger partial charge in [-0.3, -0.25) is 4.79 Å². The number of nitrogens with zero attached hydrogens (tertiary/aromatic N) is 6. The van der Waals surface area contributed by atoms with Gasteiger partial charge in [0.15, 0.2) is 5.69 Å². The van der Waals surface area contributed by atoms with Crippen LogP contribution < -0.4 is 0 Å². The summed E-state index contributed by atoms with van der Waals surface area (Å²) in [7, 11) is 0. The lowest BCUT2D eigenvalue weighted by molar-refractivity contribution is 0.0689. The van der Waals surface area contributed by atoms with E-state index in [2.05, 4.69) is 20.5 Å². The van der Waals surface area contributed by atoms with Gasteiger partial charge < -0.3 is 9.42 Å². The van der Waals surface area contributed by atoms with Crippen molar-refractivity contribution in [3.05, 3.63) is 71.1 Å². The number of hydrogen-bond acceptors (Lipinski definition) is 6. The lowest BCUT2D eigenvalue weighted by atomic mass is 10.0. The van der Waals surface area contributed by atoms with Crippen LogP contribution in [0.5, 0.6) is 0 Å². The highest BCUT2D eigenvalue weighted by molar-refractivity contribution is 6.33. The fourth-order valence-electron chi connectivity index (χ4n) is 3.75. The average molecular weight is 453 g/mol. The zero-order valence-electron chi connectivity index (χ0n) is 16.9. The summed E-state index contributed by atoms with van der Waals surface area (Å²) >= 11 is 6.04. The van der Waals surface area contributed by atoms with Gasteiger partial charge in [0.25, 0.3) is 11.8 Å². The number of piperidine rings is 1. The summed E-state index contributed by atoms with van der Waals surface area (Å²) in [5.74, 6) is 0.117. The predicted molar refractivity (Wildman–Crippen MR) is 114 cm³/mol. The highest BCUT2D eigenvalue weighted by atomic mass is 35.5. The number of amides is 1. The van der Waals surface area contributed by atoms with E-state index >= 15 is 0 Å². The predicted octanol–water partition coefficient (Wildman–Crippen LogP) is 4.26. The molecule has 1 saturated heterocycles. The highest BCUT2D eigenvalue weighted by Gasteiger charge is 2.27. The van der Waals surface area contributed by atoms with Crippen molar-refractivity contribution in [2.75, 3.05) is 13.1 Å². The van der Waals surface area contributed by atoms with E-state index in [9.17, 15) is 9.18 Å². The second-order valence-electron chi connectivity index (χ2n) is 7.52. The number of aromatic nitrogens is 5. The largest absolute Gasteiger partial charge is 0.338 e. The Balaban J connectivity index is 1.24. The molecule has 1 fully saturated rings. The second-order valence-corrected chi connectivity index (χ2v) is 7.93. The van der Waals surface area contributed by atoms with Gasteiger partial charge in [-0.2, -0.15) is 4.98 Å². The Hall–Kier alpha value is -3.59. The van der Waals surface area contributed by atoms with Gasteiger partial charge in [0.2, 0.25) is 5.82 Å². The molecule has 1 aliphatic heterocycles. The van der Waals surface area contributed by atoms with Crippen molar-refractivity contribution in [1.82, 2.24) is 30.0 Å². The molecule has 5 rings (SSSR count). The van der Waals surface area contributed by atoms with E-state index in [-0.39, 0.29) is 17.0 Å². The molecule has 162 valence electrons. The Kier molecular flexibility index (Phi) is 5.40. The molecule has 0 saturated carbocycles. The third-order valence-electron chi connectivity index (χ3n) is 5.47. The van der Waals surface area contributed by atoms with Crippen molar-refractivity contribution in [3.8, 4) is 23.0 Å². The van der Waals surface area contributed by atoms with Gasteiger partial charge in [-0.1, -0.05) is 52.3 Å². The minimum Gasteiger partial charge on any atom is -0.338 e. The van der Waals surface area contributed by atoms with Gasteiger partial charge in [0.05, 0.1) is 22.8 Å². The van der Waals surface area contributed by atoms with Crippen LogP contribution in [-0.4, -0.2) is 49.0 Å². The molecule has 2 aromatic heterocycles. The molecule has 0 bridgehead atoms. The summed E-state index contributed by atoms with van der Waals surface area (Å²) in [5.41, 5.74) is 1.66. The first-order chi connectivity index (χ1) is 15.6. The SMILES string of the molecule is O=C(c1ccc(F)cc1Cl)N1CCC(n2cc(-c3nc(-c4ccccc4)no3)nn2)CC1. The van der Waals surface area contributed by atoms with Crippen LogP contribution in [0.25, 0.3) is 23.0 Å². The third-order valence-corrected chi connectivity index (χ3v) is 5.79. The fraction of sp³-hybridized carbons (Fsp3) is 0.227. The topological polar surface area (TPSA) is 89.9 Å². The van der Waals surface area contributed by atoms with Crippen molar-refractivity contribution in [2.24, 2.45) is 0 Å².